The zero-order valence-corrected chi connectivity index (χ0v) is 19.0. The van der Waals surface area contributed by atoms with Crippen LogP contribution in [0.25, 0.3) is 0 Å². The summed E-state index contributed by atoms with van der Waals surface area (Å²) < 4.78 is 19.6. The zero-order valence-electron chi connectivity index (χ0n) is 18.0. The molecule has 0 saturated carbocycles. The van der Waals surface area contributed by atoms with E-state index in [0.29, 0.717) is 19.4 Å². The van der Waals surface area contributed by atoms with Crippen LogP contribution in [0.15, 0.2) is 42.5 Å². The monoisotopic (exact) mass is 402 g/mol. The lowest BCUT2D eigenvalue weighted by atomic mass is 10.0. The van der Waals surface area contributed by atoms with E-state index in [4.69, 9.17) is 13.6 Å². The van der Waals surface area contributed by atoms with Gasteiger partial charge in [0.2, 0.25) is 0 Å². The van der Waals surface area contributed by atoms with Gasteiger partial charge in [-0.05, 0) is 6.42 Å². The Morgan fingerprint density at radius 2 is 1.71 bits per heavy atom. The summed E-state index contributed by atoms with van der Waals surface area (Å²) in [6.07, 6.45) is 4.90. The van der Waals surface area contributed by atoms with Gasteiger partial charge in [-0.3, -0.25) is 4.79 Å². The Kier molecular flexibility index (Phi) is 6.02. The van der Waals surface area contributed by atoms with E-state index in [2.05, 4.69) is 53.7 Å². The second-order valence-corrected chi connectivity index (χ2v) is 14.7. The summed E-state index contributed by atoms with van der Waals surface area (Å²) >= 11 is 0. The van der Waals surface area contributed by atoms with E-state index >= 15 is 0 Å². The summed E-state index contributed by atoms with van der Waals surface area (Å²) in [6, 6.07) is 9.42. The van der Waals surface area contributed by atoms with E-state index in [1.165, 1.54) is 0 Å². The van der Waals surface area contributed by atoms with E-state index in [1.54, 1.807) is 0 Å². The van der Waals surface area contributed by atoms with Crippen LogP contribution in [0, 0.1) is 0 Å². The Balaban J connectivity index is 1.72. The Morgan fingerprint density at radius 1 is 1.07 bits per heavy atom. The number of carbonyl (C=O) groups is 1. The van der Waals surface area contributed by atoms with Crippen LogP contribution in [0.1, 0.15) is 64.7 Å². The van der Waals surface area contributed by atoms with Crippen molar-refractivity contribution in [3.63, 3.8) is 0 Å². The molecule has 0 bridgehead atoms. The molecule has 3 rings (SSSR count). The van der Waals surface area contributed by atoms with Crippen LogP contribution in [-0.4, -0.2) is 39.3 Å². The van der Waals surface area contributed by atoms with E-state index < -0.39 is 8.56 Å². The Bertz CT molecular complexity index is 700. The maximum atomic E-state index is 12.6. The van der Waals surface area contributed by atoms with Crippen LogP contribution in [0.4, 0.5) is 0 Å². The maximum absolute atomic E-state index is 12.6. The molecule has 1 saturated heterocycles. The van der Waals surface area contributed by atoms with Crippen LogP contribution >= 0.6 is 0 Å². The van der Waals surface area contributed by atoms with Crippen LogP contribution in [0.2, 0.25) is 10.1 Å². The molecule has 2 aliphatic heterocycles. The fraction of sp³-hybridized carbons (Fsp3) is 0.609. The van der Waals surface area contributed by atoms with Gasteiger partial charge in [0.1, 0.15) is 6.10 Å². The van der Waals surface area contributed by atoms with Crippen molar-refractivity contribution in [1.82, 2.24) is 0 Å². The molecule has 5 heteroatoms. The summed E-state index contributed by atoms with van der Waals surface area (Å²) in [5.41, 5.74) is 0.735. The van der Waals surface area contributed by atoms with Crippen LogP contribution < -0.4 is 0 Å². The van der Waals surface area contributed by atoms with Crippen molar-refractivity contribution < 1.29 is 18.4 Å². The molecule has 0 aliphatic carbocycles. The molecule has 2 heterocycles. The Morgan fingerprint density at radius 3 is 2.32 bits per heavy atom. The van der Waals surface area contributed by atoms with Gasteiger partial charge in [-0.25, -0.2) is 0 Å². The normalized spacial score (nSPS) is 27.7. The van der Waals surface area contributed by atoms with Crippen molar-refractivity contribution in [1.29, 1.82) is 0 Å². The summed E-state index contributed by atoms with van der Waals surface area (Å²) in [7, 11) is -2.52. The van der Waals surface area contributed by atoms with Gasteiger partial charge in [-0.2, -0.15) is 0 Å². The lowest BCUT2D eigenvalue weighted by Gasteiger charge is -2.54. The minimum Gasteiger partial charge on any atom is -0.391 e. The van der Waals surface area contributed by atoms with Crippen LogP contribution in [-0.2, 0) is 13.6 Å². The van der Waals surface area contributed by atoms with Gasteiger partial charge < -0.3 is 13.6 Å². The fourth-order valence-corrected chi connectivity index (χ4v) is 9.44. The fourth-order valence-electron chi connectivity index (χ4n) is 4.53. The van der Waals surface area contributed by atoms with Crippen molar-refractivity contribution in [3.05, 3.63) is 48.0 Å². The van der Waals surface area contributed by atoms with Crippen molar-refractivity contribution in [3.8, 4) is 0 Å². The minimum atomic E-state index is -2.52. The first kappa shape index (κ1) is 21.4. The van der Waals surface area contributed by atoms with Gasteiger partial charge in [-0.1, -0.05) is 84.0 Å². The number of Topliss-reactive ketones (excluding diaryl/α,β-unsaturated/α-hetero) is 1. The molecule has 154 valence electrons. The average molecular weight is 403 g/mol. The topological polar surface area (TPSA) is 44.8 Å². The first-order valence-corrected chi connectivity index (χ1v) is 12.1. The quantitative estimate of drug-likeness (QED) is 0.384. The standard InChI is InChI=1S/C23H34O4Si/c1-22(2,3)28(23(4,5)6)25-16-21-20(27-28)14-10-13-18(26-21)15-19(24)17-11-8-7-9-12-17/h7-12,14,18,20-21H,13,15-16H2,1-6H3/t18-,20+,21-/m1/s1. The summed E-state index contributed by atoms with van der Waals surface area (Å²) in [4.78, 5) is 12.6. The summed E-state index contributed by atoms with van der Waals surface area (Å²) in [6.45, 7) is 13.8. The molecule has 0 radical (unpaired) electrons. The summed E-state index contributed by atoms with van der Waals surface area (Å²) in [5, 5.41) is -0.113. The highest BCUT2D eigenvalue weighted by molar-refractivity contribution is 6.73. The maximum Gasteiger partial charge on any atom is 0.349 e. The number of ketones is 1. The van der Waals surface area contributed by atoms with Gasteiger partial charge in [-0.15, -0.1) is 0 Å². The third kappa shape index (κ3) is 4.18. The molecule has 0 spiro atoms. The van der Waals surface area contributed by atoms with Crippen molar-refractivity contribution in [2.24, 2.45) is 0 Å². The predicted octanol–water partition coefficient (Wildman–Crippen LogP) is 5.43. The van der Waals surface area contributed by atoms with Gasteiger partial charge in [0, 0.05) is 22.1 Å². The molecule has 1 aromatic rings. The number of carbonyl (C=O) groups excluding carboxylic acids is 1. The second kappa shape index (κ2) is 7.86. The van der Waals surface area contributed by atoms with Gasteiger partial charge in [0.05, 0.1) is 18.8 Å². The number of benzene rings is 1. The number of fused-ring (bicyclic) bond motifs is 1. The molecular weight excluding hydrogens is 368 g/mol. The van der Waals surface area contributed by atoms with Crippen molar-refractivity contribution >= 4 is 14.3 Å². The molecule has 2 aliphatic rings. The van der Waals surface area contributed by atoms with Crippen molar-refractivity contribution in [2.45, 2.75) is 82.8 Å². The van der Waals surface area contributed by atoms with Gasteiger partial charge >= 0.3 is 8.56 Å². The lowest BCUT2D eigenvalue weighted by molar-refractivity contribution is -0.112. The number of rotatable bonds is 3. The highest BCUT2D eigenvalue weighted by atomic mass is 28.4. The third-order valence-electron chi connectivity index (χ3n) is 5.69. The minimum absolute atomic E-state index is 0.0565. The first-order chi connectivity index (χ1) is 13.0. The Hall–Kier alpha value is -1.27. The largest absolute Gasteiger partial charge is 0.391 e. The third-order valence-corrected chi connectivity index (χ3v) is 10.8. The number of hydrogen-bond acceptors (Lipinski definition) is 4. The average Bonchev–Trinajstić information content (AvgIpc) is 2.81. The molecule has 1 aromatic carbocycles. The van der Waals surface area contributed by atoms with Crippen molar-refractivity contribution in [2.75, 3.05) is 6.61 Å². The van der Waals surface area contributed by atoms with Crippen LogP contribution in [0.5, 0.6) is 0 Å². The van der Waals surface area contributed by atoms with E-state index in [0.717, 1.165) is 5.56 Å². The number of ether oxygens (including phenoxy) is 1. The molecule has 0 amide bonds. The number of hydrogen-bond donors (Lipinski definition) is 0. The molecule has 0 aromatic heterocycles. The predicted molar refractivity (Wildman–Crippen MR) is 114 cm³/mol. The highest BCUT2D eigenvalue weighted by Gasteiger charge is 2.61. The molecule has 3 atom stereocenters. The molecule has 0 N–H and O–H groups in total. The summed E-state index contributed by atoms with van der Waals surface area (Å²) in [5.74, 6) is 0.114. The molecule has 1 fully saturated rings. The molecule has 0 unspecified atom stereocenters. The molecule has 4 nitrogen and oxygen atoms in total. The van der Waals surface area contributed by atoms with E-state index in [1.807, 2.05) is 30.3 Å². The highest BCUT2D eigenvalue weighted by Crippen LogP contribution is 2.54. The van der Waals surface area contributed by atoms with Gasteiger partial charge in [0.15, 0.2) is 5.78 Å². The van der Waals surface area contributed by atoms with Crippen LogP contribution in [0.3, 0.4) is 0 Å². The van der Waals surface area contributed by atoms with Gasteiger partial charge in [0.25, 0.3) is 0 Å². The smallest absolute Gasteiger partial charge is 0.349 e. The zero-order chi connectivity index (χ0) is 20.6. The van der Waals surface area contributed by atoms with E-state index in [-0.39, 0.29) is 34.2 Å². The van der Waals surface area contributed by atoms with E-state index in [9.17, 15) is 4.79 Å². The SMILES string of the molecule is CC(C)(C)[Si]1(C(C)(C)C)OC[C@H]2O[C@@H](CC(=O)c3ccccc3)CC=C[C@@H]2O1. The first-order valence-electron chi connectivity index (χ1n) is 10.3. The molecular formula is C23H34O4Si. The second-order valence-electron chi connectivity index (χ2n) is 9.96. The molecule has 28 heavy (non-hydrogen) atoms. The Labute approximate surface area is 170 Å². The lowest BCUT2D eigenvalue weighted by Crippen LogP contribution is -2.64.